The molecule has 0 spiro atoms. The van der Waals surface area contributed by atoms with E-state index >= 15 is 0 Å². The number of aliphatic hydroxyl groups excluding tert-OH is 1. The van der Waals surface area contributed by atoms with Crippen LogP contribution in [0, 0.1) is 0 Å². The van der Waals surface area contributed by atoms with Gasteiger partial charge in [0.15, 0.2) is 0 Å². The van der Waals surface area contributed by atoms with Gasteiger partial charge in [0.1, 0.15) is 6.29 Å². The summed E-state index contributed by atoms with van der Waals surface area (Å²) in [7, 11) is 1.00. The molecule has 0 aromatic heterocycles. The fourth-order valence-corrected chi connectivity index (χ4v) is 2.27. The third-order valence-electron chi connectivity index (χ3n) is 3.99. The molecule has 1 rings (SSSR count). The molecule has 0 unspecified atom stereocenters. The van der Waals surface area contributed by atoms with Gasteiger partial charge in [0, 0.05) is 38.8 Å². The Labute approximate surface area is 156 Å². The number of carbonyl (C=O) groups excluding carboxylic acids is 3. The Morgan fingerprint density at radius 3 is 2.00 bits per heavy atom. The van der Waals surface area contributed by atoms with E-state index in [4.69, 9.17) is 14.6 Å². The Hall–Kier alpha value is -1.57. The fourth-order valence-electron chi connectivity index (χ4n) is 2.27. The molecule has 0 bridgehead atoms. The Kier molecular flexibility index (Phi) is 11.2. The van der Waals surface area contributed by atoms with Crippen LogP contribution < -0.4 is 0 Å². The molecule has 0 saturated heterocycles. The SMILES string of the molecule is CC(C)(CCOC(C)(C)CCN1C(=O)C=CC1=O)OCCCC=O.CO. The van der Waals surface area contributed by atoms with E-state index in [1.165, 1.54) is 17.1 Å². The molecule has 150 valence electrons. The van der Waals surface area contributed by atoms with Crippen LogP contribution in [0.3, 0.4) is 0 Å². The summed E-state index contributed by atoms with van der Waals surface area (Å²) in [5.74, 6) is -0.527. The van der Waals surface area contributed by atoms with Gasteiger partial charge in [0.05, 0.1) is 17.8 Å². The Morgan fingerprint density at radius 2 is 1.46 bits per heavy atom. The number of aliphatic hydroxyl groups is 1. The first-order chi connectivity index (χ1) is 12.2. The van der Waals surface area contributed by atoms with Crippen LogP contribution in [0.5, 0.6) is 0 Å². The summed E-state index contributed by atoms with van der Waals surface area (Å²) in [6.07, 6.45) is 6.02. The van der Waals surface area contributed by atoms with Crippen LogP contribution in [0.2, 0.25) is 0 Å². The first-order valence-electron chi connectivity index (χ1n) is 8.87. The van der Waals surface area contributed by atoms with Crippen LogP contribution in [0.25, 0.3) is 0 Å². The van der Waals surface area contributed by atoms with E-state index < -0.39 is 5.60 Å². The van der Waals surface area contributed by atoms with Gasteiger partial charge in [-0.2, -0.15) is 0 Å². The minimum atomic E-state index is -0.434. The Morgan fingerprint density at radius 1 is 0.962 bits per heavy atom. The van der Waals surface area contributed by atoms with E-state index in [2.05, 4.69) is 0 Å². The van der Waals surface area contributed by atoms with Crippen LogP contribution in [-0.4, -0.2) is 66.2 Å². The predicted octanol–water partition coefficient (Wildman–Crippen LogP) is 1.87. The van der Waals surface area contributed by atoms with Crippen molar-refractivity contribution in [3.05, 3.63) is 12.2 Å². The van der Waals surface area contributed by atoms with Gasteiger partial charge in [-0.1, -0.05) is 0 Å². The second-order valence-corrected chi connectivity index (χ2v) is 7.19. The molecule has 0 aromatic carbocycles. The Bertz CT molecular complexity index is 466. The van der Waals surface area contributed by atoms with Crippen molar-refractivity contribution in [1.82, 2.24) is 4.90 Å². The summed E-state index contributed by atoms with van der Waals surface area (Å²) < 4.78 is 11.7. The van der Waals surface area contributed by atoms with Crippen molar-refractivity contribution in [2.45, 2.75) is 64.6 Å². The minimum absolute atomic E-state index is 0.263. The first-order valence-corrected chi connectivity index (χ1v) is 8.87. The quantitative estimate of drug-likeness (QED) is 0.320. The summed E-state index contributed by atoms with van der Waals surface area (Å²) in [6, 6.07) is 0. The third-order valence-corrected chi connectivity index (χ3v) is 3.99. The van der Waals surface area contributed by atoms with Crippen molar-refractivity contribution in [1.29, 1.82) is 0 Å². The van der Waals surface area contributed by atoms with E-state index in [1.54, 1.807) is 0 Å². The highest BCUT2D eigenvalue weighted by molar-refractivity contribution is 6.12. The molecule has 7 heteroatoms. The molecular formula is C19H33NO6. The summed E-state index contributed by atoms with van der Waals surface area (Å²) >= 11 is 0. The lowest BCUT2D eigenvalue weighted by molar-refractivity contribution is -0.138. The highest BCUT2D eigenvalue weighted by Gasteiger charge is 2.27. The van der Waals surface area contributed by atoms with Gasteiger partial charge in [-0.3, -0.25) is 14.5 Å². The number of ether oxygens (including phenoxy) is 2. The van der Waals surface area contributed by atoms with Crippen LogP contribution in [-0.2, 0) is 23.9 Å². The van der Waals surface area contributed by atoms with Crippen molar-refractivity contribution in [2.75, 3.05) is 26.9 Å². The molecule has 0 radical (unpaired) electrons. The van der Waals surface area contributed by atoms with E-state index in [-0.39, 0.29) is 17.4 Å². The maximum Gasteiger partial charge on any atom is 0.253 e. The zero-order valence-electron chi connectivity index (χ0n) is 16.6. The number of amides is 2. The summed E-state index contributed by atoms with van der Waals surface area (Å²) in [5.41, 5.74) is -0.749. The first kappa shape index (κ1) is 24.4. The second kappa shape index (κ2) is 11.9. The van der Waals surface area contributed by atoms with Crippen molar-refractivity contribution in [3.8, 4) is 0 Å². The fraction of sp³-hybridized carbons (Fsp3) is 0.737. The number of unbranched alkanes of at least 4 members (excludes halogenated alkanes) is 1. The van der Waals surface area contributed by atoms with Crippen LogP contribution >= 0.6 is 0 Å². The number of rotatable bonds is 12. The third kappa shape index (κ3) is 9.79. The van der Waals surface area contributed by atoms with Gasteiger partial charge in [0.25, 0.3) is 11.8 Å². The van der Waals surface area contributed by atoms with E-state index in [0.29, 0.717) is 32.6 Å². The monoisotopic (exact) mass is 371 g/mol. The van der Waals surface area contributed by atoms with Crippen molar-refractivity contribution in [2.24, 2.45) is 0 Å². The molecule has 1 N–H and O–H groups in total. The predicted molar refractivity (Wildman–Crippen MR) is 98.6 cm³/mol. The molecule has 0 aliphatic carbocycles. The molecule has 7 nitrogen and oxygen atoms in total. The average molecular weight is 371 g/mol. The van der Waals surface area contributed by atoms with E-state index in [9.17, 15) is 14.4 Å². The molecule has 0 saturated carbocycles. The molecule has 1 heterocycles. The van der Waals surface area contributed by atoms with Crippen molar-refractivity contribution >= 4 is 18.1 Å². The number of hydrogen-bond donors (Lipinski definition) is 1. The van der Waals surface area contributed by atoms with Gasteiger partial charge >= 0.3 is 0 Å². The van der Waals surface area contributed by atoms with Gasteiger partial charge in [0.2, 0.25) is 0 Å². The van der Waals surface area contributed by atoms with Gasteiger partial charge in [-0.25, -0.2) is 0 Å². The summed E-state index contributed by atoms with van der Waals surface area (Å²) in [4.78, 5) is 34.6. The molecule has 1 aliphatic rings. The van der Waals surface area contributed by atoms with E-state index in [0.717, 1.165) is 26.2 Å². The van der Waals surface area contributed by atoms with E-state index in [1.807, 2.05) is 27.7 Å². The highest BCUT2D eigenvalue weighted by atomic mass is 16.5. The summed E-state index contributed by atoms with van der Waals surface area (Å²) in [6.45, 7) is 9.32. The molecule has 0 aromatic rings. The molecule has 0 fully saturated rings. The lowest BCUT2D eigenvalue weighted by Gasteiger charge is -2.30. The topological polar surface area (TPSA) is 93.1 Å². The highest BCUT2D eigenvalue weighted by Crippen LogP contribution is 2.21. The summed E-state index contributed by atoms with van der Waals surface area (Å²) in [5, 5.41) is 7.00. The zero-order valence-corrected chi connectivity index (χ0v) is 16.6. The molecule has 0 atom stereocenters. The zero-order chi connectivity index (χ0) is 20.2. The number of hydrogen-bond acceptors (Lipinski definition) is 6. The standard InChI is InChI=1S/C18H29NO5.CH4O/c1-17(2,9-11-19-15(21)7-8-16(19)22)24-14-10-18(3,4)23-13-6-5-12-20;1-2/h7-8,12H,5-6,9-11,13-14H2,1-4H3;2H,1H3. The second-order valence-electron chi connectivity index (χ2n) is 7.19. The van der Waals surface area contributed by atoms with Crippen LogP contribution in [0.4, 0.5) is 0 Å². The number of aldehydes is 1. The largest absolute Gasteiger partial charge is 0.400 e. The normalized spacial score (nSPS) is 14.5. The molecular weight excluding hydrogens is 338 g/mol. The van der Waals surface area contributed by atoms with Crippen molar-refractivity contribution < 1.29 is 29.0 Å². The van der Waals surface area contributed by atoms with Crippen molar-refractivity contribution in [3.63, 3.8) is 0 Å². The minimum Gasteiger partial charge on any atom is -0.400 e. The van der Waals surface area contributed by atoms with Crippen LogP contribution in [0.1, 0.15) is 53.4 Å². The average Bonchev–Trinajstić information content (AvgIpc) is 2.90. The maximum absolute atomic E-state index is 11.5. The smallest absolute Gasteiger partial charge is 0.253 e. The van der Waals surface area contributed by atoms with Gasteiger partial charge in [-0.15, -0.1) is 0 Å². The van der Waals surface area contributed by atoms with Crippen LogP contribution in [0.15, 0.2) is 12.2 Å². The number of carbonyl (C=O) groups is 3. The van der Waals surface area contributed by atoms with Gasteiger partial charge < -0.3 is 19.4 Å². The Balaban J connectivity index is 0.00000301. The maximum atomic E-state index is 11.5. The lowest BCUT2D eigenvalue weighted by Crippen LogP contribution is -2.37. The molecule has 26 heavy (non-hydrogen) atoms. The molecule has 2 amide bonds. The number of nitrogens with zero attached hydrogens (tertiary/aromatic N) is 1. The van der Waals surface area contributed by atoms with Gasteiger partial charge in [-0.05, 0) is 47.0 Å². The molecule has 1 aliphatic heterocycles. The lowest BCUT2D eigenvalue weighted by atomic mass is 10.0. The number of imide groups is 1.